The molecule has 0 radical (unpaired) electrons. The Morgan fingerprint density at radius 1 is 1.32 bits per heavy atom. The van der Waals surface area contributed by atoms with Gasteiger partial charge in [0.25, 0.3) is 0 Å². The molecule has 0 saturated heterocycles. The maximum Gasteiger partial charge on any atom is 0.120 e. The molecule has 0 bridgehead atoms. The van der Waals surface area contributed by atoms with Crippen molar-refractivity contribution >= 4 is 0 Å². The molecule has 3 nitrogen and oxygen atoms in total. The van der Waals surface area contributed by atoms with E-state index in [4.69, 9.17) is 15.2 Å². The number of rotatable bonds is 7. The Bertz CT molecular complexity index is 401. The topological polar surface area (TPSA) is 44.5 Å². The normalized spacial score (nSPS) is 18.4. The molecule has 106 valence electrons. The Morgan fingerprint density at radius 2 is 2.05 bits per heavy atom. The summed E-state index contributed by atoms with van der Waals surface area (Å²) in [5.41, 5.74) is 7.49. The summed E-state index contributed by atoms with van der Waals surface area (Å²) in [4.78, 5) is 0. The fourth-order valence-electron chi connectivity index (χ4n) is 2.41. The van der Waals surface area contributed by atoms with Gasteiger partial charge in [0, 0.05) is 6.61 Å². The van der Waals surface area contributed by atoms with Crippen LogP contribution in [-0.2, 0) is 4.74 Å². The van der Waals surface area contributed by atoms with Gasteiger partial charge < -0.3 is 15.2 Å². The predicted molar refractivity (Wildman–Crippen MR) is 77.3 cm³/mol. The molecule has 1 aromatic carbocycles. The van der Waals surface area contributed by atoms with Crippen LogP contribution in [0.5, 0.6) is 5.75 Å². The zero-order valence-corrected chi connectivity index (χ0v) is 12.1. The third kappa shape index (κ3) is 3.95. The Balaban J connectivity index is 2.10. The first-order valence-corrected chi connectivity index (χ1v) is 7.25. The van der Waals surface area contributed by atoms with Crippen LogP contribution in [0.25, 0.3) is 0 Å². The van der Waals surface area contributed by atoms with Crippen LogP contribution in [-0.4, -0.2) is 18.8 Å². The molecule has 0 heterocycles. The Morgan fingerprint density at radius 3 is 2.63 bits per heavy atom. The van der Waals surface area contributed by atoms with Gasteiger partial charge in [-0.15, -0.1) is 0 Å². The molecule has 2 unspecified atom stereocenters. The molecule has 1 fully saturated rings. The van der Waals surface area contributed by atoms with Crippen LogP contribution in [0.15, 0.2) is 24.3 Å². The summed E-state index contributed by atoms with van der Waals surface area (Å²) in [6.07, 6.45) is 2.79. The lowest BCUT2D eigenvalue weighted by molar-refractivity contribution is 0.0282. The molecule has 2 atom stereocenters. The fourth-order valence-corrected chi connectivity index (χ4v) is 2.41. The number of hydrogen-bond donors (Lipinski definition) is 1. The van der Waals surface area contributed by atoms with E-state index >= 15 is 0 Å². The van der Waals surface area contributed by atoms with Crippen LogP contribution in [0.3, 0.4) is 0 Å². The summed E-state index contributed by atoms with van der Waals surface area (Å²) in [6, 6.07) is 8.01. The predicted octanol–water partition coefficient (Wildman–Crippen LogP) is 3.29. The van der Waals surface area contributed by atoms with Crippen LogP contribution in [0, 0.1) is 5.92 Å². The van der Waals surface area contributed by atoms with E-state index in [9.17, 15) is 0 Å². The minimum absolute atomic E-state index is 0.0665. The first kappa shape index (κ1) is 14.4. The molecule has 1 aromatic rings. The molecule has 2 rings (SSSR count). The molecule has 0 spiro atoms. The van der Waals surface area contributed by atoms with Gasteiger partial charge in [0.05, 0.1) is 18.2 Å². The third-order valence-corrected chi connectivity index (χ3v) is 3.41. The summed E-state index contributed by atoms with van der Waals surface area (Å²) in [5, 5.41) is 0. The van der Waals surface area contributed by atoms with Crippen molar-refractivity contribution in [2.45, 2.75) is 51.9 Å². The molecule has 0 amide bonds. The molecule has 1 aliphatic rings. The third-order valence-electron chi connectivity index (χ3n) is 3.41. The minimum atomic E-state index is -0.0665. The molecule has 2 N–H and O–H groups in total. The number of benzene rings is 1. The lowest BCUT2D eigenvalue weighted by atomic mass is 9.98. The first-order valence-electron chi connectivity index (χ1n) is 7.25. The van der Waals surface area contributed by atoms with E-state index in [0.717, 1.165) is 17.9 Å². The summed E-state index contributed by atoms with van der Waals surface area (Å²) in [7, 11) is 0. The van der Waals surface area contributed by atoms with Gasteiger partial charge in [-0.25, -0.2) is 0 Å². The van der Waals surface area contributed by atoms with E-state index in [1.54, 1.807) is 0 Å². The second-order valence-corrected chi connectivity index (χ2v) is 5.52. The molecule has 19 heavy (non-hydrogen) atoms. The Labute approximate surface area is 116 Å². The van der Waals surface area contributed by atoms with Gasteiger partial charge >= 0.3 is 0 Å². The smallest absolute Gasteiger partial charge is 0.120 e. The van der Waals surface area contributed by atoms with Gasteiger partial charge in [0.15, 0.2) is 0 Å². The highest BCUT2D eigenvalue weighted by molar-refractivity contribution is 5.31. The van der Waals surface area contributed by atoms with E-state index in [1.807, 2.05) is 39.0 Å². The summed E-state index contributed by atoms with van der Waals surface area (Å²) < 4.78 is 11.6. The summed E-state index contributed by atoms with van der Waals surface area (Å²) >= 11 is 0. The van der Waals surface area contributed by atoms with Crippen LogP contribution < -0.4 is 10.5 Å². The zero-order valence-electron chi connectivity index (χ0n) is 12.1. The molecule has 1 saturated carbocycles. The van der Waals surface area contributed by atoms with E-state index in [0.29, 0.717) is 5.92 Å². The van der Waals surface area contributed by atoms with Crippen molar-refractivity contribution in [3.05, 3.63) is 29.8 Å². The van der Waals surface area contributed by atoms with Gasteiger partial charge in [-0.05, 0) is 57.2 Å². The van der Waals surface area contributed by atoms with Crippen molar-refractivity contribution in [1.82, 2.24) is 0 Å². The Hall–Kier alpha value is -1.06. The number of hydrogen-bond acceptors (Lipinski definition) is 3. The van der Waals surface area contributed by atoms with Gasteiger partial charge in [-0.2, -0.15) is 0 Å². The average molecular weight is 263 g/mol. The highest BCUT2D eigenvalue weighted by atomic mass is 16.5. The minimum Gasteiger partial charge on any atom is -0.491 e. The largest absolute Gasteiger partial charge is 0.491 e. The zero-order chi connectivity index (χ0) is 13.8. The summed E-state index contributed by atoms with van der Waals surface area (Å²) in [6.45, 7) is 6.80. The van der Waals surface area contributed by atoms with Gasteiger partial charge in [0.1, 0.15) is 5.75 Å². The van der Waals surface area contributed by atoms with Crippen LogP contribution in [0.4, 0.5) is 0 Å². The van der Waals surface area contributed by atoms with Crippen molar-refractivity contribution in [2.75, 3.05) is 6.61 Å². The van der Waals surface area contributed by atoms with Crippen LogP contribution in [0.1, 0.15) is 45.2 Å². The maximum atomic E-state index is 6.39. The van der Waals surface area contributed by atoms with E-state index < -0.39 is 0 Å². The molecule has 3 heteroatoms. The standard InChI is InChI=1S/C16H25NO2/c1-4-18-16(12-8-9-12)15(17)13-6-5-7-14(10-13)19-11(2)3/h5-7,10-12,15-16H,4,8-9,17H2,1-3H3. The van der Waals surface area contributed by atoms with Crippen molar-refractivity contribution in [1.29, 1.82) is 0 Å². The first-order chi connectivity index (χ1) is 9.11. The van der Waals surface area contributed by atoms with Crippen molar-refractivity contribution in [3.8, 4) is 5.75 Å². The second-order valence-electron chi connectivity index (χ2n) is 5.52. The van der Waals surface area contributed by atoms with Crippen molar-refractivity contribution in [2.24, 2.45) is 11.7 Å². The van der Waals surface area contributed by atoms with Crippen LogP contribution >= 0.6 is 0 Å². The highest BCUT2D eigenvalue weighted by Gasteiger charge is 2.36. The SMILES string of the molecule is CCOC(C1CC1)C(N)c1cccc(OC(C)C)c1. The summed E-state index contributed by atoms with van der Waals surface area (Å²) in [5.74, 6) is 1.51. The lowest BCUT2D eigenvalue weighted by Crippen LogP contribution is -2.31. The number of ether oxygens (including phenoxy) is 2. The van der Waals surface area contributed by atoms with E-state index in [-0.39, 0.29) is 18.2 Å². The maximum absolute atomic E-state index is 6.39. The molecule has 0 aliphatic heterocycles. The quantitative estimate of drug-likeness (QED) is 0.821. The Kier molecular flexibility index (Phi) is 4.83. The monoisotopic (exact) mass is 263 g/mol. The van der Waals surface area contributed by atoms with E-state index in [1.165, 1.54) is 12.8 Å². The van der Waals surface area contributed by atoms with Crippen LogP contribution in [0.2, 0.25) is 0 Å². The van der Waals surface area contributed by atoms with Crippen molar-refractivity contribution < 1.29 is 9.47 Å². The number of nitrogens with two attached hydrogens (primary N) is 1. The average Bonchev–Trinajstić information content (AvgIpc) is 3.19. The lowest BCUT2D eigenvalue weighted by Gasteiger charge is -2.24. The van der Waals surface area contributed by atoms with Gasteiger partial charge in [0.2, 0.25) is 0 Å². The second kappa shape index (κ2) is 6.40. The molecule has 1 aliphatic carbocycles. The van der Waals surface area contributed by atoms with Crippen molar-refractivity contribution in [3.63, 3.8) is 0 Å². The van der Waals surface area contributed by atoms with Gasteiger partial charge in [-0.1, -0.05) is 12.1 Å². The highest BCUT2D eigenvalue weighted by Crippen LogP contribution is 2.39. The molecular formula is C16H25NO2. The molecule has 0 aromatic heterocycles. The van der Waals surface area contributed by atoms with E-state index in [2.05, 4.69) is 6.07 Å². The molecular weight excluding hydrogens is 238 g/mol. The fraction of sp³-hybridized carbons (Fsp3) is 0.625. The van der Waals surface area contributed by atoms with Gasteiger partial charge in [-0.3, -0.25) is 0 Å².